The van der Waals surface area contributed by atoms with Crippen LogP contribution in [0, 0.1) is 22.7 Å². The molecule has 2 aliphatic carbocycles. The summed E-state index contributed by atoms with van der Waals surface area (Å²) in [7, 11) is -2.00. The van der Waals surface area contributed by atoms with Crippen molar-refractivity contribution in [1.29, 1.82) is 0 Å². The van der Waals surface area contributed by atoms with E-state index in [2.05, 4.69) is 54.6 Å². The zero-order valence-electron chi connectivity index (χ0n) is 20.7. The molecular formula is C25H42O5Si. The van der Waals surface area contributed by atoms with Crippen molar-refractivity contribution in [3.05, 3.63) is 0 Å². The number of hydrogen-bond acceptors (Lipinski definition) is 5. The van der Waals surface area contributed by atoms with Gasteiger partial charge in [-0.1, -0.05) is 41.5 Å². The topological polar surface area (TPSA) is 65.0 Å². The summed E-state index contributed by atoms with van der Waals surface area (Å²) in [6.45, 7) is 18.6. The van der Waals surface area contributed by atoms with E-state index in [1.165, 1.54) is 0 Å². The first-order valence-electron chi connectivity index (χ1n) is 12.3. The van der Waals surface area contributed by atoms with Crippen molar-refractivity contribution in [1.82, 2.24) is 0 Å². The van der Waals surface area contributed by atoms with Crippen molar-refractivity contribution in [3.63, 3.8) is 0 Å². The molecule has 0 radical (unpaired) electrons. The summed E-state index contributed by atoms with van der Waals surface area (Å²) in [4.78, 5) is 13.2. The lowest BCUT2D eigenvalue weighted by Gasteiger charge is -2.60. The zero-order valence-corrected chi connectivity index (χ0v) is 21.7. The van der Waals surface area contributed by atoms with Crippen molar-refractivity contribution in [2.75, 3.05) is 6.61 Å². The van der Waals surface area contributed by atoms with Crippen LogP contribution in [0.3, 0.4) is 0 Å². The van der Waals surface area contributed by atoms with Gasteiger partial charge in [0.2, 0.25) is 0 Å². The summed E-state index contributed by atoms with van der Waals surface area (Å²) in [5, 5.41) is 12.4. The third-order valence-electron chi connectivity index (χ3n) is 10.9. The molecule has 3 saturated heterocycles. The van der Waals surface area contributed by atoms with E-state index < -0.39 is 31.0 Å². The van der Waals surface area contributed by atoms with Crippen molar-refractivity contribution in [2.45, 2.75) is 121 Å². The molecule has 4 bridgehead atoms. The van der Waals surface area contributed by atoms with Gasteiger partial charge in [0.15, 0.2) is 8.32 Å². The number of ether oxygens (including phenoxy) is 2. The Morgan fingerprint density at radius 3 is 2.48 bits per heavy atom. The van der Waals surface area contributed by atoms with Crippen molar-refractivity contribution >= 4 is 14.1 Å². The fourth-order valence-electron chi connectivity index (χ4n) is 7.96. The molecule has 0 aromatic heterocycles. The van der Waals surface area contributed by atoms with Gasteiger partial charge in [-0.05, 0) is 43.8 Å². The molecular weight excluding hydrogens is 408 g/mol. The first kappa shape index (κ1) is 22.5. The van der Waals surface area contributed by atoms with Gasteiger partial charge in [0.25, 0.3) is 0 Å². The zero-order chi connectivity index (χ0) is 22.8. The molecule has 1 N–H and O–H groups in total. The monoisotopic (exact) mass is 450 g/mol. The van der Waals surface area contributed by atoms with Crippen LogP contribution in [-0.2, 0) is 18.7 Å². The molecule has 0 aromatic carbocycles. The number of carbonyl (C=O) groups is 1. The molecule has 5 nitrogen and oxygen atoms in total. The molecule has 8 atom stereocenters. The van der Waals surface area contributed by atoms with Crippen molar-refractivity contribution < 1.29 is 23.8 Å². The lowest BCUT2D eigenvalue weighted by molar-refractivity contribution is -0.237. The average Bonchev–Trinajstić information content (AvgIpc) is 3.14. The molecule has 2 saturated carbocycles. The van der Waals surface area contributed by atoms with Gasteiger partial charge in [-0.25, -0.2) is 0 Å². The average molecular weight is 451 g/mol. The predicted molar refractivity (Wildman–Crippen MR) is 121 cm³/mol. The van der Waals surface area contributed by atoms with Crippen LogP contribution in [0.15, 0.2) is 0 Å². The Balaban J connectivity index is 1.64. The van der Waals surface area contributed by atoms with Crippen LogP contribution < -0.4 is 0 Å². The minimum Gasteiger partial charge on any atom is -0.413 e. The third kappa shape index (κ3) is 2.49. The van der Waals surface area contributed by atoms with Crippen LogP contribution in [0.1, 0.15) is 73.6 Å². The van der Waals surface area contributed by atoms with Crippen LogP contribution in [0.2, 0.25) is 18.1 Å². The maximum absolute atomic E-state index is 13.2. The van der Waals surface area contributed by atoms with E-state index in [4.69, 9.17) is 13.9 Å². The summed E-state index contributed by atoms with van der Waals surface area (Å²) < 4.78 is 20.7. The van der Waals surface area contributed by atoms with Gasteiger partial charge in [0, 0.05) is 23.2 Å². The normalized spacial score (nSPS) is 50.9. The fourth-order valence-corrected chi connectivity index (χ4v) is 9.40. The Bertz CT molecular complexity index is 802. The molecule has 6 heteroatoms. The van der Waals surface area contributed by atoms with Crippen molar-refractivity contribution in [2.24, 2.45) is 22.7 Å². The molecule has 5 fully saturated rings. The lowest BCUT2D eigenvalue weighted by atomic mass is 9.47. The third-order valence-corrected chi connectivity index (χ3v) is 15.3. The van der Waals surface area contributed by atoms with Gasteiger partial charge in [0.05, 0.1) is 30.3 Å². The highest BCUT2D eigenvalue weighted by Crippen LogP contribution is 2.71. The van der Waals surface area contributed by atoms with E-state index in [0.29, 0.717) is 19.4 Å². The first-order chi connectivity index (χ1) is 14.1. The van der Waals surface area contributed by atoms with Crippen LogP contribution in [-0.4, -0.2) is 55.3 Å². The van der Waals surface area contributed by atoms with E-state index in [1.54, 1.807) is 0 Å². The highest BCUT2D eigenvalue weighted by atomic mass is 28.4. The number of fused-ring (bicyclic) bond motifs is 5. The minimum absolute atomic E-state index is 0.0690. The molecule has 31 heavy (non-hydrogen) atoms. The summed E-state index contributed by atoms with van der Waals surface area (Å²) in [5.41, 5.74) is -2.47. The highest BCUT2D eigenvalue weighted by molar-refractivity contribution is 6.74. The van der Waals surface area contributed by atoms with E-state index in [9.17, 15) is 9.90 Å². The Morgan fingerprint density at radius 1 is 1.16 bits per heavy atom. The van der Waals surface area contributed by atoms with Crippen LogP contribution in [0.25, 0.3) is 0 Å². The fraction of sp³-hybridized carbons (Fsp3) is 0.960. The molecule has 0 aromatic rings. The quantitative estimate of drug-likeness (QED) is 0.629. The van der Waals surface area contributed by atoms with E-state index >= 15 is 0 Å². The Morgan fingerprint density at radius 2 is 1.84 bits per heavy atom. The molecule has 0 unspecified atom stereocenters. The second-order valence-corrected chi connectivity index (χ2v) is 18.3. The molecule has 176 valence electrons. The first-order valence-corrected chi connectivity index (χ1v) is 15.2. The van der Waals surface area contributed by atoms with Gasteiger partial charge >= 0.3 is 0 Å². The molecule has 0 amide bonds. The minimum atomic E-state index is -2.00. The van der Waals surface area contributed by atoms with Gasteiger partial charge < -0.3 is 19.0 Å². The van der Waals surface area contributed by atoms with Gasteiger partial charge in [-0.2, -0.15) is 0 Å². The predicted octanol–water partition coefficient (Wildman–Crippen LogP) is 4.47. The summed E-state index contributed by atoms with van der Waals surface area (Å²) in [6.07, 6.45) is 3.20. The van der Waals surface area contributed by atoms with E-state index in [1.807, 2.05) is 0 Å². The molecule has 3 aliphatic heterocycles. The SMILES string of the molecule is CC1(C)[C@@H]2C(=O)CC[C@@]1(O)[C@H]1OC[C@H]3CC[C@H](O[Si](C)(C)C(C)(C)C)[C@@]4(C)C[C@H]2O[C@]314. The maximum atomic E-state index is 13.2. The summed E-state index contributed by atoms with van der Waals surface area (Å²) in [6, 6.07) is 0. The number of Topliss-reactive ketones (excluding diaryl/α,β-unsaturated/α-hetero) is 1. The van der Waals surface area contributed by atoms with E-state index in [0.717, 1.165) is 19.3 Å². The van der Waals surface area contributed by atoms with E-state index in [-0.39, 0.29) is 40.3 Å². The van der Waals surface area contributed by atoms with Crippen molar-refractivity contribution in [3.8, 4) is 0 Å². The van der Waals surface area contributed by atoms with Gasteiger partial charge in [-0.3, -0.25) is 4.79 Å². The smallest absolute Gasteiger partial charge is 0.192 e. The Labute approximate surface area is 188 Å². The largest absolute Gasteiger partial charge is 0.413 e. The molecule has 1 spiro atoms. The highest BCUT2D eigenvalue weighted by Gasteiger charge is 2.81. The lowest BCUT2D eigenvalue weighted by Crippen LogP contribution is -2.72. The maximum Gasteiger partial charge on any atom is 0.192 e. The van der Waals surface area contributed by atoms with Gasteiger partial charge in [0.1, 0.15) is 17.5 Å². The Kier molecular flexibility index (Phi) is 4.53. The van der Waals surface area contributed by atoms with Crippen LogP contribution in [0.4, 0.5) is 0 Å². The number of rotatable bonds is 2. The molecule has 3 heterocycles. The standard InChI is InChI=1S/C25H42O5Si/c1-21(2,3)31(7,8)30-18-10-9-15-14-28-20-24(27)12-11-16(26)19(22(24,4)5)17-13-23(18,6)25(15,20)29-17/h15,17-20,27H,9-14H2,1-8H3/t15-,17-,18+,19-,20-,23-,24-,25-/m1/s1. The number of aliphatic hydroxyl groups is 1. The number of hydrogen-bond donors (Lipinski definition) is 1. The molecule has 5 rings (SSSR count). The summed E-state index contributed by atoms with van der Waals surface area (Å²) in [5.74, 6) is 0.212. The van der Waals surface area contributed by atoms with Crippen LogP contribution in [0.5, 0.6) is 0 Å². The second kappa shape index (κ2) is 6.23. The second-order valence-electron chi connectivity index (χ2n) is 13.5. The number of ketones is 1. The Hall–Kier alpha value is -0.273. The van der Waals surface area contributed by atoms with Gasteiger partial charge in [-0.15, -0.1) is 0 Å². The summed E-state index contributed by atoms with van der Waals surface area (Å²) >= 11 is 0. The van der Waals surface area contributed by atoms with Crippen LogP contribution >= 0.6 is 0 Å². The molecule has 5 aliphatic rings. The number of carbonyl (C=O) groups excluding carboxylic acids is 1.